The van der Waals surface area contributed by atoms with Crippen LogP contribution in [0, 0.1) is 6.92 Å². The van der Waals surface area contributed by atoms with Crippen molar-refractivity contribution in [2.45, 2.75) is 26.3 Å². The van der Waals surface area contributed by atoms with Crippen molar-refractivity contribution in [1.82, 2.24) is 10.2 Å². The third-order valence-electron chi connectivity index (χ3n) is 3.51. The predicted octanol–water partition coefficient (Wildman–Crippen LogP) is 1.43. The van der Waals surface area contributed by atoms with Crippen LogP contribution < -0.4 is 5.32 Å². The Morgan fingerprint density at radius 3 is 2.63 bits per heavy atom. The molecule has 0 aromatic carbocycles. The van der Waals surface area contributed by atoms with Crippen molar-refractivity contribution < 1.29 is 13.9 Å². The molecule has 2 rings (SSSR count). The number of carbonyl (C=O) groups excluding carboxylic acids is 1. The van der Waals surface area contributed by atoms with Crippen LogP contribution in [0.25, 0.3) is 0 Å². The van der Waals surface area contributed by atoms with Gasteiger partial charge in [0.25, 0.3) is 5.91 Å². The number of amides is 1. The number of nitrogens with zero attached hydrogens (tertiary/aromatic N) is 1. The summed E-state index contributed by atoms with van der Waals surface area (Å²) in [4.78, 5) is 14.3. The maximum Gasteiger partial charge on any atom is 0.287 e. The van der Waals surface area contributed by atoms with Crippen LogP contribution in [0.4, 0.5) is 0 Å². The van der Waals surface area contributed by atoms with Gasteiger partial charge in [-0.15, -0.1) is 0 Å². The summed E-state index contributed by atoms with van der Waals surface area (Å²) in [6.45, 7) is 10.0. The van der Waals surface area contributed by atoms with E-state index in [1.165, 1.54) is 0 Å². The van der Waals surface area contributed by atoms with Crippen molar-refractivity contribution in [2.75, 3.05) is 32.8 Å². The molecule has 1 fully saturated rings. The summed E-state index contributed by atoms with van der Waals surface area (Å²) >= 11 is 0. The van der Waals surface area contributed by atoms with Crippen molar-refractivity contribution in [3.8, 4) is 0 Å². The number of hydrogen-bond acceptors (Lipinski definition) is 4. The van der Waals surface area contributed by atoms with Crippen LogP contribution in [0.15, 0.2) is 16.5 Å². The first-order chi connectivity index (χ1) is 8.99. The molecule has 19 heavy (non-hydrogen) atoms. The van der Waals surface area contributed by atoms with Gasteiger partial charge in [0.1, 0.15) is 5.76 Å². The lowest BCUT2D eigenvalue weighted by molar-refractivity contribution is -0.00930. The van der Waals surface area contributed by atoms with Crippen LogP contribution in [0.5, 0.6) is 0 Å². The molecule has 2 heterocycles. The molecule has 1 saturated heterocycles. The quantitative estimate of drug-likeness (QED) is 0.895. The largest absolute Gasteiger partial charge is 0.456 e. The minimum absolute atomic E-state index is 0.0823. The number of ether oxygens (including phenoxy) is 1. The van der Waals surface area contributed by atoms with Gasteiger partial charge < -0.3 is 14.5 Å². The number of morpholine rings is 1. The lowest BCUT2D eigenvalue weighted by Gasteiger charge is -2.40. The highest BCUT2D eigenvalue weighted by Crippen LogP contribution is 2.15. The lowest BCUT2D eigenvalue weighted by atomic mass is 10.0. The van der Waals surface area contributed by atoms with Crippen LogP contribution in [-0.2, 0) is 4.74 Å². The monoisotopic (exact) mass is 266 g/mol. The minimum atomic E-state index is -0.158. The van der Waals surface area contributed by atoms with Crippen LogP contribution in [-0.4, -0.2) is 49.2 Å². The highest BCUT2D eigenvalue weighted by Gasteiger charge is 2.28. The Bertz CT molecular complexity index is 434. The zero-order valence-electron chi connectivity index (χ0n) is 11.9. The van der Waals surface area contributed by atoms with Crippen LogP contribution in [0.2, 0.25) is 0 Å². The zero-order chi connectivity index (χ0) is 13.9. The van der Waals surface area contributed by atoms with Gasteiger partial charge in [0.2, 0.25) is 0 Å². The normalized spacial score (nSPS) is 17.4. The number of furan rings is 1. The molecular formula is C14H22N2O3. The van der Waals surface area contributed by atoms with Crippen molar-refractivity contribution in [1.29, 1.82) is 0 Å². The Hall–Kier alpha value is -1.33. The number of aryl methyl sites for hydroxylation is 1. The molecule has 0 bridgehead atoms. The molecule has 0 unspecified atom stereocenters. The van der Waals surface area contributed by atoms with E-state index in [2.05, 4.69) is 24.1 Å². The zero-order valence-corrected chi connectivity index (χ0v) is 11.9. The predicted molar refractivity (Wildman–Crippen MR) is 72.2 cm³/mol. The van der Waals surface area contributed by atoms with E-state index < -0.39 is 0 Å². The van der Waals surface area contributed by atoms with Gasteiger partial charge in [0.05, 0.1) is 13.2 Å². The van der Waals surface area contributed by atoms with E-state index in [0.717, 1.165) is 32.1 Å². The molecule has 0 spiro atoms. The molecular weight excluding hydrogens is 244 g/mol. The smallest absolute Gasteiger partial charge is 0.287 e. The van der Waals surface area contributed by atoms with Crippen LogP contribution >= 0.6 is 0 Å². The average molecular weight is 266 g/mol. The second-order valence-electron chi connectivity index (χ2n) is 5.50. The van der Waals surface area contributed by atoms with E-state index in [4.69, 9.17) is 9.15 Å². The Morgan fingerprint density at radius 2 is 2.05 bits per heavy atom. The van der Waals surface area contributed by atoms with E-state index in [1.54, 1.807) is 12.1 Å². The van der Waals surface area contributed by atoms with Gasteiger partial charge in [0.15, 0.2) is 5.76 Å². The Kier molecular flexibility index (Phi) is 4.27. The van der Waals surface area contributed by atoms with E-state index in [9.17, 15) is 4.79 Å². The molecule has 5 heteroatoms. The fourth-order valence-corrected chi connectivity index (χ4v) is 2.22. The fourth-order valence-electron chi connectivity index (χ4n) is 2.22. The number of nitrogens with one attached hydrogen (secondary N) is 1. The minimum Gasteiger partial charge on any atom is -0.456 e. The molecule has 1 aromatic rings. The number of hydrogen-bond donors (Lipinski definition) is 1. The Morgan fingerprint density at radius 1 is 1.37 bits per heavy atom. The van der Waals surface area contributed by atoms with Gasteiger partial charge >= 0.3 is 0 Å². The molecule has 106 valence electrons. The van der Waals surface area contributed by atoms with Gasteiger partial charge in [-0.2, -0.15) is 0 Å². The number of carbonyl (C=O) groups is 1. The molecule has 0 radical (unpaired) electrons. The van der Waals surface area contributed by atoms with Crippen LogP contribution in [0.3, 0.4) is 0 Å². The number of rotatable bonds is 4. The standard InChI is InChI=1S/C14H22N2O3/c1-11-4-5-12(19-11)13(17)15-10-14(2,3)16-6-8-18-9-7-16/h4-5H,6-10H2,1-3H3,(H,15,17). The van der Waals surface area contributed by atoms with Gasteiger partial charge in [-0.3, -0.25) is 9.69 Å². The van der Waals surface area contributed by atoms with Crippen molar-refractivity contribution in [3.63, 3.8) is 0 Å². The second-order valence-corrected chi connectivity index (χ2v) is 5.50. The van der Waals surface area contributed by atoms with Gasteiger partial charge in [-0.1, -0.05) is 0 Å². The molecule has 1 aliphatic rings. The second kappa shape index (κ2) is 5.75. The molecule has 1 aliphatic heterocycles. The summed E-state index contributed by atoms with van der Waals surface area (Å²) in [5.74, 6) is 0.960. The summed E-state index contributed by atoms with van der Waals surface area (Å²) in [5, 5.41) is 2.93. The molecule has 1 N–H and O–H groups in total. The maximum atomic E-state index is 11.9. The summed E-state index contributed by atoms with van der Waals surface area (Å²) in [6.07, 6.45) is 0. The van der Waals surface area contributed by atoms with E-state index in [0.29, 0.717) is 12.3 Å². The van der Waals surface area contributed by atoms with E-state index in [-0.39, 0.29) is 11.4 Å². The molecule has 0 atom stereocenters. The van der Waals surface area contributed by atoms with Crippen LogP contribution in [0.1, 0.15) is 30.2 Å². The van der Waals surface area contributed by atoms with E-state index >= 15 is 0 Å². The fraction of sp³-hybridized carbons (Fsp3) is 0.643. The van der Waals surface area contributed by atoms with Gasteiger partial charge in [-0.05, 0) is 32.9 Å². The Labute approximate surface area is 113 Å². The average Bonchev–Trinajstić information content (AvgIpc) is 2.84. The van der Waals surface area contributed by atoms with E-state index in [1.807, 2.05) is 6.92 Å². The third-order valence-corrected chi connectivity index (χ3v) is 3.51. The first kappa shape index (κ1) is 14.1. The summed E-state index contributed by atoms with van der Waals surface area (Å²) in [6, 6.07) is 3.49. The Balaban J connectivity index is 1.88. The molecule has 5 nitrogen and oxygen atoms in total. The SMILES string of the molecule is Cc1ccc(C(=O)NCC(C)(C)N2CCOCC2)o1. The lowest BCUT2D eigenvalue weighted by Crippen LogP contribution is -2.55. The molecule has 1 amide bonds. The maximum absolute atomic E-state index is 11.9. The topological polar surface area (TPSA) is 54.7 Å². The van der Waals surface area contributed by atoms with Crippen molar-refractivity contribution in [3.05, 3.63) is 23.7 Å². The van der Waals surface area contributed by atoms with Gasteiger partial charge in [0, 0.05) is 25.2 Å². The van der Waals surface area contributed by atoms with Gasteiger partial charge in [-0.25, -0.2) is 0 Å². The van der Waals surface area contributed by atoms with Crippen molar-refractivity contribution in [2.24, 2.45) is 0 Å². The molecule has 0 saturated carbocycles. The highest BCUT2D eigenvalue weighted by atomic mass is 16.5. The summed E-state index contributed by atoms with van der Waals surface area (Å²) < 4.78 is 10.7. The third kappa shape index (κ3) is 3.58. The summed E-state index contributed by atoms with van der Waals surface area (Å²) in [7, 11) is 0. The highest BCUT2D eigenvalue weighted by molar-refractivity contribution is 5.91. The van der Waals surface area contributed by atoms with Crippen molar-refractivity contribution >= 4 is 5.91 Å². The first-order valence-corrected chi connectivity index (χ1v) is 6.66. The molecule has 1 aromatic heterocycles. The first-order valence-electron chi connectivity index (χ1n) is 6.66. The summed E-state index contributed by atoms with van der Waals surface area (Å²) in [5.41, 5.74) is -0.0823. The molecule has 0 aliphatic carbocycles.